The minimum Gasteiger partial charge on any atom is -0.307 e. The summed E-state index contributed by atoms with van der Waals surface area (Å²) >= 11 is 0. The Balaban J connectivity index is 1.40. The second-order valence-corrected chi connectivity index (χ2v) is 15.0. The van der Waals surface area contributed by atoms with E-state index in [1.54, 1.807) is 24.3 Å². The molecule has 0 atom stereocenters. The Morgan fingerprint density at radius 1 is 0.492 bits per heavy atom. The van der Waals surface area contributed by atoms with Crippen molar-refractivity contribution in [3.8, 4) is 74.5 Å². The molecule has 1 heterocycles. The number of anilines is 1. The molecule has 9 aromatic rings. The highest BCUT2D eigenvalue weighted by Crippen LogP contribution is 2.45. The zero-order chi connectivity index (χ0) is 43.6. The summed E-state index contributed by atoms with van der Waals surface area (Å²) in [7, 11) is 0. The lowest BCUT2D eigenvalue weighted by atomic mass is 9.94. The van der Waals surface area contributed by atoms with Crippen molar-refractivity contribution in [2.45, 2.75) is 6.92 Å². The third-order valence-electron chi connectivity index (χ3n) is 11.3. The fourth-order valence-corrected chi connectivity index (χ4v) is 8.59. The summed E-state index contributed by atoms with van der Waals surface area (Å²) in [5.74, 6) is -0.569. The van der Waals surface area contributed by atoms with Crippen LogP contribution in [-0.2, 0) is 4.79 Å². The summed E-state index contributed by atoms with van der Waals surface area (Å²) in [6, 6.07) is 60.9. The molecule has 0 spiro atoms. The maximum Gasteiger partial charge on any atom is 0.267 e. The SMILES string of the molecule is Cc1cccc(-n2c3c(-c4cc(C#N)cc(C#N)c4)cccc3c3cccc(-c4cc(C#N)cc(C#N)c4)c32)c1C(=O)N(C=O)c1c(-c2ccccc2)cccc1-c1ccccc1. The third kappa shape index (κ3) is 6.83. The van der Waals surface area contributed by atoms with Gasteiger partial charge >= 0.3 is 0 Å². The van der Waals surface area contributed by atoms with Gasteiger partial charge in [-0.25, -0.2) is 4.90 Å². The Morgan fingerprint density at radius 2 is 0.905 bits per heavy atom. The number of hydrogen-bond donors (Lipinski definition) is 0. The number of hydrogen-bond acceptors (Lipinski definition) is 6. The maximum atomic E-state index is 15.7. The van der Waals surface area contributed by atoms with Gasteiger partial charge in [-0.3, -0.25) is 9.59 Å². The first-order chi connectivity index (χ1) is 30.9. The molecule has 0 N–H and O–H groups in total. The average Bonchev–Trinajstić information content (AvgIpc) is 3.69. The normalized spacial score (nSPS) is 10.7. The second kappa shape index (κ2) is 16.4. The summed E-state index contributed by atoms with van der Waals surface area (Å²) < 4.78 is 2.00. The van der Waals surface area contributed by atoms with E-state index in [0.29, 0.717) is 90.0 Å². The molecule has 8 heteroatoms. The van der Waals surface area contributed by atoms with E-state index >= 15 is 4.79 Å². The molecule has 9 rings (SSSR count). The molecule has 0 bridgehead atoms. The van der Waals surface area contributed by atoms with Crippen LogP contribution in [0.1, 0.15) is 38.2 Å². The van der Waals surface area contributed by atoms with Gasteiger partial charge < -0.3 is 4.57 Å². The predicted molar refractivity (Wildman–Crippen MR) is 245 cm³/mol. The van der Waals surface area contributed by atoms with Crippen molar-refractivity contribution in [1.29, 1.82) is 21.0 Å². The zero-order valence-corrected chi connectivity index (χ0v) is 33.7. The Kier molecular flexibility index (Phi) is 10.2. The number of aryl methyl sites for hydroxylation is 1. The van der Waals surface area contributed by atoms with Crippen molar-refractivity contribution in [2.24, 2.45) is 0 Å². The van der Waals surface area contributed by atoms with Crippen molar-refractivity contribution in [2.75, 3.05) is 4.90 Å². The van der Waals surface area contributed by atoms with E-state index in [0.717, 1.165) is 21.9 Å². The number of nitrogens with zero attached hydrogens (tertiary/aromatic N) is 6. The number of benzene rings is 8. The predicted octanol–water partition coefficient (Wildman–Crippen LogP) is 12.1. The molecule has 0 saturated carbocycles. The number of nitriles is 4. The van der Waals surface area contributed by atoms with Gasteiger partial charge in [0.05, 0.1) is 74.5 Å². The molecule has 63 heavy (non-hydrogen) atoms. The number of rotatable bonds is 8. The zero-order valence-electron chi connectivity index (χ0n) is 33.7. The number of amides is 2. The molecule has 0 unspecified atom stereocenters. The monoisotopic (exact) mass is 808 g/mol. The highest BCUT2D eigenvalue weighted by atomic mass is 16.2. The Morgan fingerprint density at radius 3 is 1.33 bits per heavy atom. The molecular weight excluding hydrogens is 777 g/mol. The van der Waals surface area contributed by atoms with Crippen LogP contribution < -0.4 is 4.90 Å². The van der Waals surface area contributed by atoms with Crippen LogP contribution in [0.2, 0.25) is 0 Å². The smallest absolute Gasteiger partial charge is 0.267 e. The van der Waals surface area contributed by atoms with Crippen LogP contribution in [0.15, 0.2) is 170 Å². The largest absolute Gasteiger partial charge is 0.307 e. The van der Waals surface area contributed by atoms with Crippen molar-refractivity contribution in [3.05, 3.63) is 203 Å². The molecule has 0 aliphatic heterocycles. The number of para-hydroxylation sites is 3. The van der Waals surface area contributed by atoms with E-state index < -0.39 is 5.91 Å². The van der Waals surface area contributed by atoms with E-state index in [1.807, 2.05) is 145 Å². The average molecular weight is 809 g/mol. The number of aromatic nitrogens is 1. The number of fused-ring (bicyclic) bond motifs is 3. The van der Waals surface area contributed by atoms with Gasteiger partial charge in [0, 0.05) is 33.0 Å². The molecule has 0 fully saturated rings. The molecule has 0 radical (unpaired) electrons. The summed E-state index contributed by atoms with van der Waals surface area (Å²) in [4.78, 5) is 30.7. The van der Waals surface area contributed by atoms with Gasteiger partial charge in [-0.2, -0.15) is 21.0 Å². The van der Waals surface area contributed by atoms with Crippen LogP contribution in [0.25, 0.3) is 72.0 Å². The van der Waals surface area contributed by atoms with Crippen LogP contribution in [0, 0.1) is 52.2 Å². The van der Waals surface area contributed by atoms with Crippen molar-refractivity contribution >= 4 is 39.8 Å². The van der Waals surface area contributed by atoms with Crippen LogP contribution in [0.3, 0.4) is 0 Å². The minimum atomic E-state index is -0.569. The van der Waals surface area contributed by atoms with Crippen LogP contribution in [0.4, 0.5) is 5.69 Å². The quantitative estimate of drug-likeness (QED) is 0.140. The third-order valence-corrected chi connectivity index (χ3v) is 11.3. The van der Waals surface area contributed by atoms with Crippen LogP contribution in [0.5, 0.6) is 0 Å². The fraction of sp³-hybridized carbons (Fsp3) is 0.0182. The lowest BCUT2D eigenvalue weighted by molar-refractivity contribution is -0.106. The standard InChI is InChI=1S/C55H32N6O2/c1-35-12-8-23-50(51(35)55(63)60(34-62)52-44(40-13-4-2-5-14-40)17-9-18-45(52)41-15-6-3-7-16-41)61-53-46(42-26-36(30-56)24-37(27-42)31-57)19-10-21-48(53)49-22-11-20-47(54(49)61)43-28-38(32-58)25-39(29-43)33-59/h2-29,34H,1H3. The van der Waals surface area contributed by atoms with Gasteiger partial charge in [-0.05, 0) is 77.2 Å². The highest BCUT2D eigenvalue weighted by Gasteiger charge is 2.30. The molecule has 0 aliphatic carbocycles. The van der Waals surface area contributed by atoms with Gasteiger partial charge in [0.15, 0.2) is 0 Å². The first-order valence-corrected chi connectivity index (χ1v) is 20.0. The van der Waals surface area contributed by atoms with E-state index in [2.05, 4.69) is 24.3 Å². The van der Waals surface area contributed by atoms with E-state index in [4.69, 9.17) is 0 Å². The van der Waals surface area contributed by atoms with Gasteiger partial charge in [0.25, 0.3) is 5.91 Å². The van der Waals surface area contributed by atoms with Gasteiger partial charge in [-0.1, -0.05) is 127 Å². The molecule has 0 saturated heterocycles. The summed E-state index contributed by atoms with van der Waals surface area (Å²) in [6.45, 7) is 1.84. The molecule has 2 amide bonds. The van der Waals surface area contributed by atoms with Gasteiger partial charge in [0.1, 0.15) is 0 Å². The van der Waals surface area contributed by atoms with Gasteiger partial charge in [-0.15, -0.1) is 0 Å². The van der Waals surface area contributed by atoms with Gasteiger partial charge in [0.2, 0.25) is 6.41 Å². The molecule has 8 nitrogen and oxygen atoms in total. The topological polar surface area (TPSA) is 137 Å². The molecule has 1 aromatic heterocycles. The van der Waals surface area contributed by atoms with E-state index in [9.17, 15) is 25.8 Å². The minimum absolute atomic E-state index is 0.252. The lowest BCUT2D eigenvalue weighted by Gasteiger charge is -2.25. The molecule has 0 aliphatic rings. The number of carbonyl (C=O) groups is 2. The second-order valence-electron chi connectivity index (χ2n) is 15.0. The van der Waals surface area contributed by atoms with Crippen LogP contribution >= 0.6 is 0 Å². The molecular formula is C55H32N6O2. The Hall–Kier alpha value is -9.34. The Labute approximate surface area is 363 Å². The summed E-state index contributed by atoms with van der Waals surface area (Å²) in [5, 5.41) is 41.8. The first kappa shape index (κ1) is 39.1. The maximum absolute atomic E-state index is 15.7. The first-order valence-electron chi connectivity index (χ1n) is 20.0. The Bertz CT molecular complexity index is 3250. The van der Waals surface area contributed by atoms with Crippen molar-refractivity contribution < 1.29 is 9.59 Å². The van der Waals surface area contributed by atoms with E-state index in [1.165, 1.54) is 17.0 Å². The number of carbonyl (C=O) groups excluding carboxylic acids is 2. The number of imide groups is 1. The van der Waals surface area contributed by atoms with Crippen molar-refractivity contribution in [1.82, 2.24) is 4.57 Å². The molecule has 8 aromatic carbocycles. The summed E-state index contributed by atoms with van der Waals surface area (Å²) in [5.41, 5.74) is 9.88. The van der Waals surface area contributed by atoms with Crippen molar-refractivity contribution in [3.63, 3.8) is 0 Å². The fourth-order valence-electron chi connectivity index (χ4n) is 8.59. The highest BCUT2D eigenvalue weighted by molar-refractivity contribution is 6.23. The van der Waals surface area contributed by atoms with E-state index in [-0.39, 0.29) is 5.56 Å². The van der Waals surface area contributed by atoms with Crippen LogP contribution in [-0.4, -0.2) is 16.9 Å². The molecule has 294 valence electrons. The lowest BCUT2D eigenvalue weighted by Crippen LogP contribution is -2.32. The summed E-state index contributed by atoms with van der Waals surface area (Å²) in [6.07, 6.45) is 0.573.